The number of halogens is 1. The number of nitrogens with zero attached hydrogens (tertiary/aromatic N) is 3. The van der Waals surface area contributed by atoms with Gasteiger partial charge in [0.15, 0.2) is 0 Å². The van der Waals surface area contributed by atoms with Crippen LogP contribution < -0.4 is 5.32 Å². The van der Waals surface area contributed by atoms with Crippen molar-refractivity contribution in [2.45, 2.75) is 19.9 Å². The zero-order chi connectivity index (χ0) is 15.6. The van der Waals surface area contributed by atoms with Crippen LogP contribution in [0.5, 0.6) is 0 Å². The number of benzene rings is 1. The van der Waals surface area contributed by atoms with Crippen molar-refractivity contribution in [2.75, 3.05) is 5.32 Å². The number of nitrogens with one attached hydrogen (secondary N) is 1. The molecule has 1 amide bonds. The zero-order valence-electron chi connectivity index (χ0n) is 11.4. The Morgan fingerprint density at radius 1 is 1.52 bits per heavy atom. The van der Waals surface area contributed by atoms with Crippen LogP contribution in [0.1, 0.15) is 18.5 Å². The van der Waals surface area contributed by atoms with Crippen LogP contribution in [0.2, 0.25) is 5.02 Å². The molecule has 1 atom stereocenters. The first-order valence-electron chi connectivity index (χ1n) is 6.14. The number of rotatable bonds is 4. The van der Waals surface area contributed by atoms with E-state index < -0.39 is 11.0 Å². The average Bonchev–Trinajstić information content (AvgIpc) is 2.91. The maximum absolute atomic E-state index is 12.2. The number of nitro groups is 1. The van der Waals surface area contributed by atoms with Crippen molar-refractivity contribution < 1.29 is 9.72 Å². The van der Waals surface area contributed by atoms with E-state index >= 15 is 0 Å². The Labute approximate surface area is 125 Å². The van der Waals surface area contributed by atoms with Crippen molar-refractivity contribution in [3.05, 3.63) is 51.3 Å². The van der Waals surface area contributed by atoms with Crippen molar-refractivity contribution in [3.63, 3.8) is 0 Å². The summed E-state index contributed by atoms with van der Waals surface area (Å²) in [5, 5.41) is 17.7. The molecule has 0 saturated heterocycles. The van der Waals surface area contributed by atoms with Gasteiger partial charge in [0, 0.05) is 10.7 Å². The van der Waals surface area contributed by atoms with Crippen molar-refractivity contribution in [2.24, 2.45) is 0 Å². The number of aryl methyl sites for hydroxylation is 1. The molecule has 0 saturated carbocycles. The molecule has 0 unspecified atom stereocenters. The van der Waals surface area contributed by atoms with Crippen LogP contribution in [0.3, 0.4) is 0 Å². The summed E-state index contributed by atoms with van der Waals surface area (Å²) in [4.78, 5) is 22.2. The summed E-state index contributed by atoms with van der Waals surface area (Å²) in [6.07, 6.45) is 2.32. The van der Waals surface area contributed by atoms with Crippen molar-refractivity contribution in [1.29, 1.82) is 0 Å². The van der Waals surface area contributed by atoms with E-state index in [1.54, 1.807) is 25.1 Å². The molecule has 0 aliphatic carbocycles. The summed E-state index contributed by atoms with van der Waals surface area (Å²) >= 11 is 5.89. The first kappa shape index (κ1) is 15.0. The normalized spacial score (nSPS) is 12.0. The molecule has 0 spiro atoms. The van der Waals surface area contributed by atoms with Gasteiger partial charge in [-0.3, -0.25) is 19.6 Å². The van der Waals surface area contributed by atoms with Gasteiger partial charge in [-0.1, -0.05) is 17.7 Å². The minimum absolute atomic E-state index is 0.159. The van der Waals surface area contributed by atoms with E-state index in [4.69, 9.17) is 11.6 Å². The maximum atomic E-state index is 12.2. The number of carbonyl (C=O) groups is 1. The lowest BCUT2D eigenvalue weighted by molar-refractivity contribution is -0.385. The van der Waals surface area contributed by atoms with Gasteiger partial charge < -0.3 is 5.32 Å². The van der Waals surface area contributed by atoms with Crippen LogP contribution in [-0.2, 0) is 4.79 Å². The molecule has 7 nitrogen and oxygen atoms in total. The highest BCUT2D eigenvalue weighted by Crippen LogP contribution is 2.21. The molecule has 110 valence electrons. The standard InChI is InChI=1S/C13H13ClN4O3/c1-8-3-4-10(14)5-12(8)16-13(19)9(2)17-7-11(6-15-17)18(20)21/h3-7,9H,1-2H3,(H,16,19)/t9-/m0/s1. The van der Waals surface area contributed by atoms with Crippen LogP contribution in [0.15, 0.2) is 30.6 Å². The lowest BCUT2D eigenvalue weighted by atomic mass is 10.2. The van der Waals surface area contributed by atoms with Crippen LogP contribution >= 0.6 is 11.6 Å². The van der Waals surface area contributed by atoms with Gasteiger partial charge in [-0.05, 0) is 31.5 Å². The van der Waals surface area contributed by atoms with Crippen LogP contribution in [-0.4, -0.2) is 20.6 Å². The van der Waals surface area contributed by atoms with E-state index in [9.17, 15) is 14.9 Å². The van der Waals surface area contributed by atoms with E-state index in [1.165, 1.54) is 10.9 Å². The highest BCUT2D eigenvalue weighted by atomic mass is 35.5. The third kappa shape index (κ3) is 3.38. The predicted octanol–water partition coefficient (Wildman–Crippen LogP) is 2.95. The Hall–Kier alpha value is -2.41. The quantitative estimate of drug-likeness (QED) is 0.694. The lowest BCUT2D eigenvalue weighted by Crippen LogP contribution is -2.24. The molecule has 2 rings (SSSR count). The summed E-state index contributed by atoms with van der Waals surface area (Å²) in [5.74, 6) is -0.335. The Morgan fingerprint density at radius 2 is 2.24 bits per heavy atom. The average molecular weight is 309 g/mol. The summed E-state index contributed by atoms with van der Waals surface area (Å²) in [6, 6.07) is 4.48. The largest absolute Gasteiger partial charge is 0.324 e. The molecule has 2 aromatic rings. The molecule has 1 aromatic carbocycles. The fourth-order valence-corrected chi connectivity index (χ4v) is 1.89. The minimum atomic E-state index is -0.683. The number of hydrogen-bond donors (Lipinski definition) is 1. The minimum Gasteiger partial charge on any atom is -0.324 e. The highest BCUT2D eigenvalue weighted by Gasteiger charge is 2.19. The second-order valence-corrected chi connectivity index (χ2v) is 5.00. The number of anilines is 1. The van der Waals surface area contributed by atoms with Gasteiger partial charge in [0.25, 0.3) is 0 Å². The molecule has 21 heavy (non-hydrogen) atoms. The molecule has 0 fully saturated rings. The van der Waals surface area contributed by atoms with Crippen LogP contribution in [0, 0.1) is 17.0 Å². The number of amides is 1. The third-order valence-electron chi connectivity index (χ3n) is 3.03. The Morgan fingerprint density at radius 3 is 2.86 bits per heavy atom. The van der Waals surface area contributed by atoms with Crippen molar-refractivity contribution in [3.8, 4) is 0 Å². The molecular weight excluding hydrogens is 296 g/mol. The van der Waals surface area contributed by atoms with E-state index in [2.05, 4.69) is 10.4 Å². The van der Waals surface area contributed by atoms with Gasteiger partial charge >= 0.3 is 5.69 Å². The zero-order valence-corrected chi connectivity index (χ0v) is 12.2. The van der Waals surface area contributed by atoms with Gasteiger partial charge in [-0.2, -0.15) is 5.10 Å². The highest BCUT2D eigenvalue weighted by molar-refractivity contribution is 6.31. The molecule has 0 aliphatic heterocycles. The van der Waals surface area contributed by atoms with Crippen molar-refractivity contribution in [1.82, 2.24) is 9.78 Å². The predicted molar refractivity (Wildman–Crippen MR) is 78.4 cm³/mol. The Balaban J connectivity index is 2.15. The van der Waals surface area contributed by atoms with Gasteiger partial charge in [0.2, 0.25) is 5.91 Å². The monoisotopic (exact) mass is 308 g/mol. The fraction of sp³-hybridized carbons (Fsp3) is 0.231. The molecule has 1 N–H and O–H groups in total. The molecule has 8 heteroatoms. The van der Waals surface area contributed by atoms with E-state index in [1.807, 2.05) is 6.92 Å². The maximum Gasteiger partial charge on any atom is 0.307 e. The van der Waals surface area contributed by atoms with Gasteiger partial charge in [0.1, 0.15) is 18.4 Å². The first-order chi connectivity index (χ1) is 9.88. The topological polar surface area (TPSA) is 90.1 Å². The molecule has 0 bridgehead atoms. The molecule has 0 aliphatic rings. The van der Waals surface area contributed by atoms with Gasteiger partial charge in [0.05, 0.1) is 4.92 Å². The molecule has 1 heterocycles. The third-order valence-corrected chi connectivity index (χ3v) is 3.27. The molecular formula is C13H13ClN4O3. The van der Waals surface area contributed by atoms with Crippen LogP contribution in [0.4, 0.5) is 11.4 Å². The summed E-state index contributed by atoms with van der Waals surface area (Å²) in [7, 11) is 0. The van der Waals surface area contributed by atoms with E-state index in [0.29, 0.717) is 10.7 Å². The van der Waals surface area contributed by atoms with E-state index in [0.717, 1.165) is 11.8 Å². The lowest BCUT2D eigenvalue weighted by Gasteiger charge is -2.14. The summed E-state index contributed by atoms with van der Waals surface area (Å²) in [5.41, 5.74) is 1.31. The second kappa shape index (κ2) is 5.92. The van der Waals surface area contributed by atoms with Crippen molar-refractivity contribution >= 4 is 28.9 Å². The smallest absolute Gasteiger partial charge is 0.307 e. The van der Waals surface area contributed by atoms with Crippen LogP contribution in [0.25, 0.3) is 0 Å². The van der Waals surface area contributed by atoms with Gasteiger partial charge in [-0.15, -0.1) is 0 Å². The number of hydrogen-bond acceptors (Lipinski definition) is 4. The second-order valence-electron chi connectivity index (χ2n) is 4.56. The summed E-state index contributed by atoms with van der Waals surface area (Å²) < 4.78 is 1.24. The Bertz CT molecular complexity index is 698. The number of aromatic nitrogens is 2. The summed E-state index contributed by atoms with van der Waals surface area (Å²) in [6.45, 7) is 3.45. The molecule has 1 aromatic heterocycles. The fourth-order valence-electron chi connectivity index (χ4n) is 1.72. The number of carbonyl (C=O) groups excluding carboxylic acids is 1. The molecule has 0 radical (unpaired) electrons. The first-order valence-corrected chi connectivity index (χ1v) is 6.52. The van der Waals surface area contributed by atoms with E-state index in [-0.39, 0.29) is 11.6 Å². The SMILES string of the molecule is Cc1ccc(Cl)cc1NC(=O)[C@H](C)n1cc([N+](=O)[O-])cn1. The Kier molecular flexibility index (Phi) is 4.23. The van der Waals surface area contributed by atoms with Gasteiger partial charge in [-0.25, -0.2) is 0 Å².